The highest BCUT2D eigenvalue weighted by Gasteiger charge is 2.26. The number of esters is 1. The second kappa shape index (κ2) is 11.6. The predicted octanol–water partition coefficient (Wildman–Crippen LogP) is 1.92. The van der Waals surface area contributed by atoms with Gasteiger partial charge in [-0.1, -0.05) is 6.07 Å². The Kier molecular flexibility index (Phi) is 8.43. The number of imidazole rings is 1. The van der Waals surface area contributed by atoms with Crippen LogP contribution < -0.4 is 10.9 Å². The number of nitrogens with one attached hydrogen (secondary N) is 1. The maximum atomic E-state index is 12.4. The molecule has 0 aliphatic carbocycles. The van der Waals surface area contributed by atoms with E-state index >= 15 is 0 Å². The number of pyridine rings is 1. The lowest BCUT2D eigenvalue weighted by Gasteiger charge is -2.24. The summed E-state index contributed by atoms with van der Waals surface area (Å²) in [6.07, 6.45) is 0.500. The third kappa shape index (κ3) is 6.27. The van der Waals surface area contributed by atoms with E-state index in [1.807, 2.05) is 24.3 Å². The van der Waals surface area contributed by atoms with E-state index in [-0.39, 0.29) is 17.8 Å². The molecule has 0 bridgehead atoms. The predicted molar refractivity (Wildman–Crippen MR) is 139 cm³/mol. The average molecular weight is 513 g/mol. The Morgan fingerprint density at radius 1 is 1.27 bits per heavy atom. The molecule has 4 rings (SSSR count). The highest BCUT2D eigenvalue weighted by atomic mass is 16.6. The number of aliphatic hydroxyl groups excluding tert-OH is 1. The molecule has 3 atom stereocenters. The van der Waals surface area contributed by atoms with Gasteiger partial charge >= 0.3 is 5.97 Å². The molecule has 10 heteroatoms. The third-order valence-electron chi connectivity index (χ3n) is 6.32. The van der Waals surface area contributed by atoms with E-state index in [9.17, 15) is 14.7 Å². The number of rotatable bonds is 9. The second-order valence-electron chi connectivity index (χ2n) is 9.85. The SMILES string of the molecule is Cc1cc(-c2nc3cc(CN[C@H](C(=O)OC(C)C)[C@@H](C)O)ccc3n2CC2COCCO2)cn(C)c1=O. The fourth-order valence-corrected chi connectivity index (χ4v) is 4.52. The van der Waals surface area contributed by atoms with Gasteiger partial charge in [0.25, 0.3) is 5.56 Å². The third-order valence-corrected chi connectivity index (χ3v) is 6.32. The van der Waals surface area contributed by atoms with Gasteiger partial charge in [0.05, 0.1) is 55.7 Å². The molecule has 37 heavy (non-hydrogen) atoms. The molecule has 1 aliphatic heterocycles. The summed E-state index contributed by atoms with van der Waals surface area (Å²) in [5, 5.41) is 13.2. The van der Waals surface area contributed by atoms with Gasteiger partial charge in [0, 0.05) is 30.9 Å². The first-order chi connectivity index (χ1) is 17.6. The van der Waals surface area contributed by atoms with Crippen molar-refractivity contribution in [3.8, 4) is 11.4 Å². The normalized spacial score (nSPS) is 17.8. The van der Waals surface area contributed by atoms with Crippen LogP contribution in [-0.2, 0) is 39.1 Å². The van der Waals surface area contributed by atoms with Gasteiger partial charge in [0.1, 0.15) is 11.9 Å². The molecule has 0 amide bonds. The van der Waals surface area contributed by atoms with E-state index in [2.05, 4.69) is 9.88 Å². The zero-order valence-electron chi connectivity index (χ0n) is 22.1. The van der Waals surface area contributed by atoms with Gasteiger partial charge in [0.2, 0.25) is 0 Å². The van der Waals surface area contributed by atoms with Gasteiger partial charge in [-0.05, 0) is 51.5 Å². The lowest BCUT2D eigenvalue weighted by Crippen LogP contribution is -2.46. The second-order valence-corrected chi connectivity index (χ2v) is 9.85. The van der Waals surface area contributed by atoms with Crippen molar-refractivity contribution in [2.75, 3.05) is 19.8 Å². The van der Waals surface area contributed by atoms with Crippen LogP contribution in [0.3, 0.4) is 0 Å². The maximum Gasteiger partial charge on any atom is 0.326 e. The van der Waals surface area contributed by atoms with Gasteiger partial charge in [-0.3, -0.25) is 14.9 Å². The van der Waals surface area contributed by atoms with E-state index < -0.39 is 18.1 Å². The molecule has 3 aromatic rings. The number of nitrogens with zero attached hydrogens (tertiary/aromatic N) is 3. The topological polar surface area (TPSA) is 117 Å². The Balaban J connectivity index is 1.67. The molecular formula is C27H36N4O6. The number of carbonyl (C=O) groups excluding carboxylic acids is 1. The number of fused-ring (bicyclic) bond motifs is 1. The number of aryl methyl sites for hydroxylation is 2. The standard InChI is InChI=1S/C27H36N4O6/c1-16(2)37-27(34)24(18(4)32)28-12-19-6-7-23-22(11-19)29-25(20-10-17(3)26(33)30(5)13-20)31(23)14-21-15-35-8-9-36-21/h6-7,10-11,13,16,18,21,24,28,32H,8-9,12,14-15H2,1-5H3/t18-,21?,24+/m1/s1. The monoisotopic (exact) mass is 512 g/mol. The van der Waals surface area contributed by atoms with Gasteiger partial charge < -0.3 is 28.5 Å². The number of benzene rings is 1. The highest BCUT2D eigenvalue weighted by Crippen LogP contribution is 2.27. The van der Waals surface area contributed by atoms with Crippen LogP contribution >= 0.6 is 0 Å². The van der Waals surface area contributed by atoms with Crippen LogP contribution in [0.4, 0.5) is 0 Å². The number of hydrogen-bond donors (Lipinski definition) is 2. The number of carbonyl (C=O) groups is 1. The van der Waals surface area contributed by atoms with Crippen molar-refractivity contribution < 1.29 is 24.1 Å². The van der Waals surface area contributed by atoms with Crippen molar-refractivity contribution in [2.24, 2.45) is 7.05 Å². The van der Waals surface area contributed by atoms with Crippen molar-refractivity contribution in [2.45, 2.75) is 65.1 Å². The molecule has 200 valence electrons. The van der Waals surface area contributed by atoms with Crippen molar-refractivity contribution in [1.29, 1.82) is 0 Å². The molecule has 2 aromatic heterocycles. The molecule has 1 fully saturated rings. The lowest BCUT2D eigenvalue weighted by atomic mass is 10.1. The fraction of sp³-hybridized carbons (Fsp3) is 0.519. The van der Waals surface area contributed by atoms with Crippen LogP contribution in [0.1, 0.15) is 31.9 Å². The smallest absolute Gasteiger partial charge is 0.326 e. The summed E-state index contributed by atoms with van der Waals surface area (Å²) in [6.45, 7) is 9.43. The Morgan fingerprint density at radius 2 is 2.05 bits per heavy atom. The van der Waals surface area contributed by atoms with E-state index in [0.29, 0.717) is 38.5 Å². The minimum absolute atomic E-state index is 0.0487. The summed E-state index contributed by atoms with van der Waals surface area (Å²) in [5.74, 6) is 0.243. The molecule has 0 spiro atoms. The van der Waals surface area contributed by atoms with Crippen LogP contribution in [-0.4, -0.2) is 69.4 Å². The first kappa shape index (κ1) is 27.0. The number of aromatic nitrogens is 3. The zero-order chi connectivity index (χ0) is 26.7. The summed E-state index contributed by atoms with van der Waals surface area (Å²) in [4.78, 5) is 29.6. The van der Waals surface area contributed by atoms with Gasteiger partial charge in [-0.15, -0.1) is 0 Å². The molecule has 2 N–H and O–H groups in total. The summed E-state index contributed by atoms with van der Waals surface area (Å²) in [7, 11) is 1.73. The molecule has 1 saturated heterocycles. The molecule has 1 unspecified atom stereocenters. The molecule has 1 aromatic carbocycles. The first-order valence-corrected chi connectivity index (χ1v) is 12.6. The van der Waals surface area contributed by atoms with Crippen molar-refractivity contribution in [1.82, 2.24) is 19.4 Å². The molecule has 1 aliphatic rings. The Morgan fingerprint density at radius 3 is 2.70 bits per heavy atom. The van der Waals surface area contributed by atoms with Gasteiger partial charge in [-0.2, -0.15) is 0 Å². The van der Waals surface area contributed by atoms with Gasteiger partial charge in [-0.25, -0.2) is 4.98 Å². The molecule has 0 radical (unpaired) electrons. The molecule has 0 saturated carbocycles. The van der Waals surface area contributed by atoms with Crippen LogP contribution in [0.25, 0.3) is 22.4 Å². The lowest BCUT2D eigenvalue weighted by molar-refractivity contribution is -0.152. The zero-order valence-corrected chi connectivity index (χ0v) is 22.1. The van der Waals surface area contributed by atoms with Crippen LogP contribution in [0, 0.1) is 6.92 Å². The van der Waals surface area contributed by atoms with Gasteiger partial charge in [0.15, 0.2) is 0 Å². The van der Waals surface area contributed by atoms with Crippen LogP contribution in [0.15, 0.2) is 35.3 Å². The Hall–Kier alpha value is -3.05. The Bertz CT molecular complexity index is 1280. The number of aliphatic hydroxyl groups is 1. The van der Waals surface area contributed by atoms with E-state index in [4.69, 9.17) is 19.2 Å². The number of hydrogen-bond acceptors (Lipinski definition) is 8. The summed E-state index contributed by atoms with van der Waals surface area (Å²) < 4.78 is 20.5. The minimum Gasteiger partial charge on any atom is -0.462 e. The van der Waals surface area contributed by atoms with E-state index in [0.717, 1.165) is 28.0 Å². The van der Waals surface area contributed by atoms with E-state index in [1.54, 1.807) is 45.5 Å². The fourth-order valence-electron chi connectivity index (χ4n) is 4.52. The summed E-state index contributed by atoms with van der Waals surface area (Å²) in [5.41, 5.74) is 4.02. The van der Waals surface area contributed by atoms with Crippen LogP contribution in [0.5, 0.6) is 0 Å². The molecule has 3 heterocycles. The average Bonchev–Trinajstić information content (AvgIpc) is 3.19. The summed E-state index contributed by atoms with van der Waals surface area (Å²) >= 11 is 0. The van der Waals surface area contributed by atoms with E-state index in [1.165, 1.54) is 0 Å². The molecular weight excluding hydrogens is 476 g/mol. The van der Waals surface area contributed by atoms with Crippen molar-refractivity contribution in [3.05, 3.63) is 51.9 Å². The largest absolute Gasteiger partial charge is 0.462 e. The minimum atomic E-state index is -0.911. The van der Waals surface area contributed by atoms with Crippen LogP contribution in [0.2, 0.25) is 0 Å². The highest BCUT2D eigenvalue weighted by molar-refractivity contribution is 5.81. The Labute approximate surface area is 216 Å². The number of ether oxygens (including phenoxy) is 3. The van der Waals surface area contributed by atoms with Crippen molar-refractivity contribution in [3.63, 3.8) is 0 Å². The quantitative estimate of drug-likeness (QED) is 0.418. The maximum absolute atomic E-state index is 12.4. The first-order valence-electron chi connectivity index (χ1n) is 12.6. The van der Waals surface area contributed by atoms with Crippen molar-refractivity contribution >= 4 is 17.0 Å². The summed E-state index contributed by atoms with van der Waals surface area (Å²) in [6, 6.07) is 6.93. The molecule has 10 nitrogen and oxygen atoms in total.